The van der Waals surface area contributed by atoms with Gasteiger partial charge < -0.3 is 4.90 Å². The highest BCUT2D eigenvalue weighted by atomic mass is 32.2. The van der Waals surface area contributed by atoms with E-state index in [0.29, 0.717) is 13.0 Å². The van der Waals surface area contributed by atoms with Crippen LogP contribution in [0.4, 0.5) is 0 Å². The number of hydrogen-bond acceptors (Lipinski definition) is 3. The van der Waals surface area contributed by atoms with E-state index in [-0.39, 0.29) is 5.41 Å². The lowest BCUT2D eigenvalue weighted by molar-refractivity contribution is 0.172. The van der Waals surface area contributed by atoms with E-state index in [4.69, 9.17) is 0 Å². The number of hydrogen-bond donors (Lipinski definition) is 1. The van der Waals surface area contributed by atoms with Gasteiger partial charge in [0.15, 0.2) is 0 Å². The van der Waals surface area contributed by atoms with Gasteiger partial charge in [0.25, 0.3) is 0 Å². The van der Waals surface area contributed by atoms with Gasteiger partial charge in [-0.3, -0.25) is 0 Å². The van der Waals surface area contributed by atoms with Crippen molar-refractivity contribution in [3.8, 4) is 0 Å². The van der Waals surface area contributed by atoms with Crippen molar-refractivity contribution >= 4 is 10.0 Å². The number of sulfonamides is 1. The Bertz CT molecular complexity index is 415. The van der Waals surface area contributed by atoms with Crippen molar-refractivity contribution in [1.29, 1.82) is 0 Å². The van der Waals surface area contributed by atoms with Crippen molar-refractivity contribution in [3.05, 3.63) is 0 Å². The highest BCUT2D eigenvalue weighted by Gasteiger charge is 2.51. The molecule has 0 aromatic carbocycles. The normalized spacial score (nSPS) is 15.8. The van der Waals surface area contributed by atoms with Gasteiger partial charge in [-0.25, -0.2) is 13.1 Å². The van der Waals surface area contributed by atoms with Crippen LogP contribution in [-0.2, 0) is 10.0 Å². The van der Waals surface area contributed by atoms with Crippen LogP contribution >= 0.6 is 0 Å². The smallest absolute Gasteiger partial charge is 0.217 e. The Balaban J connectivity index is 5.36. The average Bonchev–Trinajstić information content (AvgIpc) is 2.44. The molecule has 0 saturated heterocycles. The van der Waals surface area contributed by atoms with E-state index in [1.54, 1.807) is 0 Å². The van der Waals surface area contributed by atoms with Crippen molar-refractivity contribution in [1.82, 2.24) is 9.62 Å². The maximum atomic E-state index is 13.2. The van der Waals surface area contributed by atoms with Crippen molar-refractivity contribution in [2.24, 2.45) is 5.41 Å². The molecule has 0 aliphatic heterocycles. The van der Waals surface area contributed by atoms with Gasteiger partial charge in [-0.1, -0.05) is 47.0 Å². The van der Waals surface area contributed by atoms with E-state index in [2.05, 4.69) is 37.3 Å². The van der Waals surface area contributed by atoms with E-state index >= 15 is 0 Å². The minimum Gasteiger partial charge on any atom is -0.309 e. The minimum absolute atomic E-state index is 0.181. The molecule has 0 heterocycles. The number of nitrogens with zero attached hydrogens (tertiary/aromatic N) is 1. The molecule has 5 heteroatoms. The molecule has 1 atom stereocenters. The van der Waals surface area contributed by atoms with Crippen LogP contribution in [0.1, 0.15) is 79.6 Å². The van der Waals surface area contributed by atoms with E-state index in [9.17, 15) is 8.42 Å². The van der Waals surface area contributed by atoms with Gasteiger partial charge in [-0.05, 0) is 58.7 Å². The van der Waals surface area contributed by atoms with Crippen LogP contribution in [-0.4, -0.2) is 45.2 Å². The monoisotopic (exact) mass is 348 g/mol. The van der Waals surface area contributed by atoms with Gasteiger partial charge in [-0.2, -0.15) is 0 Å². The van der Waals surface area contributed by atoms with Crippen LogP contribution in [0.25, 0.3) is 0 Å². The lowest BCUT2D eigenvalue weighted by Crippen LogP contribution is -2.55. The van der Waals surface area contributed by atoms with Crippen LogP contribution in [0.5, 0.6) is 0 Å². The molecule has 0 radical (unpaired) electrons. The first-order chi connectivity index (χ1) is 10.6. The Morgan fingerprint density at radius 1 is 0.913 bits per heavy atom. The third-order valence-electron chi connectivity index (χ3n) is 5.27. The molecule has 0 fully saturated rings. The molecule has 23 heavy (non-hydrogen) atoms. The van der Waals surface area contributed by atoms with Crippen molar-refractivity contribution in [3.63, 3.8) is 0 Å². The fourth-order valence-corrected chi connectivity index (χ4v) is 5.81. The Hall–Kier alpha value is -0.130. The SMILES string of the molecule is CCCC(C)(CCC)C(C)(CCC)S(=O)(=O)NCCCN(C)C. The van der Waals surface area contributed by atoms with Gasteiger partial charge >= 0.3 is 0 Å². The second kappa shape index (κ2) is 10.00. The van der Waals surface area contributed by atoms with Gasteiger partial charge in [-0.15, -0.1) is 0 Å². The summed E-state index contributed by atoms with van der Waals surface area (Å²) in [5.74, 6) is 0. The highest BCUT2D eigenvalue weighted by molar-refractivity contribution is 7.90. The Labute approximate surface area is 145 Å². The average molecular weight is 349 g/mol. The van der Waals surface area contributed by atoms with Gasteiger partial charge in [0, 0.05) is 6.54 Å². The first-order valence-electron chi connectivity index (χ1n) is 9.24. The van der Waals surface area contributed by atoms with Crippen LogP contribution in [0.2, 0.25) is 0 Å². The zero-order valence-corrected chi connectivity index (χ0v) is 17.4. The molecule has 0 amide bonds. The van der Waals surface area contributed by atoms with E-state index in [0.717, 1.165) is 45.1 Å². The molecule has 0 aliphatic rings. The molecule has 0 bridgehead atoms. The van der Waals surface area contributed by atoms with Gasteiger partial charge in [0.1, 0.15) is 0 Å². The molecule has 1 unspecified atom stereocenters. The quantitative estimate of drug-likeness (QED) is 0.511. The van der Waals surface area contributed by atoms with Crippen LogP contribution in [0, 0.1) is 5.41 Å². The summed E-state index contributed by atoms with van der Waals surface area (Å²) >= 11 is 0. The Morgan fingerprint density at radius 2 is 1.39 bits per heavy atom. The fraction of sp³-hybridized carbons (Fsp3) is 1.00. The van der Waals surface area contributed by atoms with Gasteiger partial charge in [0.05, 0.1) is 4.75 Å². The molecule has 0 spiro atoms. The zero-order valence-electron chi connectivity index (χ0n) is 16.5. The Kier molecular flexibility index (Phi) is 9.94. The highest BCUT2D eigenvalue weighted by Crippen LogP contribution is 2.47. The predicted molar refractivity (Wildman–Crippen MR) is 101 cm³/mol. The zero-order chi connectivity index (χ0) is 18.1. The molecule has 0 saturated carbocycles. The summed E-state index contributed by atoms with van der Waals surface area (Å²) in [6.45, 7) is 11.9. The molecule has 0 aromatic heterocycles. The largest absolute Gasteiger partial charge is 0.309 e. The lowest BCUT2D eigenvalue weighted by Gasteiger charge is -2.46. The lowest BCUT2D eigenvalue weighted by atomic mass is 9.69. The molecule has 1 N–H and O–H groups in total. The fourth-order valence-electron chi connectivity index (χ4n) is 3.76. The molecule has 0 rings (SSSR count). The second-order valence-corrected chi connectivity index (χ2v) is 9.79. The number of nitrogens with one attached hydrogen (secondary N) is 1. The van der Waals surface area contributed by atoms with E-state index in [1.165, 1.54) is 0 Å². The summed E-state index contributed by atoms with van der Waals surface area (Å²) < 4.78 is 28.5. The summed E-state index contributed by atoms with van der Waals surface area (Å²) in [7, 11) is 0.666. The molecule has 0 aliphatic carbocycles. The van der Waals surface area contributed by atoms with Gasteiger partial charge in [0.2, 0.25) is 10.0 Å². The topological polar surface area (TPSA) is 49.4 Å². The van der Waals surface area contributed by atoms with Crippen LogP contribution in [0.15, 0.2) is 0 Å². The third kappa shape index (κ3) is 6.02. The summed E-state index contributed by atoms with van der Waals surface area (Å²) in [5, 5.41) is 0. The van der Waals surface area contributed by atoms with Crippen molar-refractivity contribution < 1.29 is 8.42 Å². The standard InChI is InChI=1S/C18H40N2O2S/c1-8-12-17(4,13-9-2)18(5,14-10-3)23(21,22)19-15-11-16-20(6)7/h19H,8-16H2,1-7H3. The maximum absolute atomic E-state index is 13.2. The second-order valence-electron chi connectivity index (χ2n) is 7.60. The summed E-state index contributed by atoms with van der Waals surface area (Å²) in [5.41, 5.74) is -0.181. The summed E-state index contributed by atoms with van der Waals surface area (Å²) in [6, 6.07) is 0. The first kappa shape index (κ1) is 22.9. The first-order valence-corrected chi connectivity index (χ1v) is 10.7. The van der Waals surface area contributed by atoms with Crippen LogP contribution in [0.3, 0.4) is 0 Å². The van der Waals surface area contributed by atoms with E-state index in [1.807, 2.05) is 21.0 Å². The minimum atomic E-state index is -3.35. The van der Waals surface area contributed by atoms with Crippen LogP contribution < -0.4 is 4.72 Å². The van der Waals surface area contributed by atoms with E-state index < -0.39 is 14.8 Å². The Morgan fingerprint density at radius 3 is 1.78 bits per heavy atom. The molecule has 0 aromatic rings. The maximum Gasteiger partial charge on any atom is 0.217 e. The third-order valence-corrected chi connectivity index (χ3v) is 7.74. The predicted octanol–water partition coefficient (Wildman–Crippen LogP) is 4.02. The number of rotatable bonds is 13. The summed E-state index contributed by atoms with van der Waals surface area (Å²) in [4.78, 5) is 2.08. The molecular formula is C18H40N2O2S. The van der Waals surface area contributed by atoms with Crippen molar-refractivity contribution in [2.45, 2.75) is 84.3 Å². The summed E-state index contributed by atoms with van der Waals surface area (Å²) in [6.07, 6.45) is 6.39. The molecule has 4 nitrogen and oxygen atoms in total. The molecular weight excluding hydrogens is 308 g/mol. The van der Waals surface area contributed by atoms with Crippen molar-refractivity contribution in [2.75, 3.05) is 27.2 Å². The molecule has 140 valence electrons.